The summed E-state index contributed by atoms with van der Waals surface area (Å²) in [6.45, 7) is 2.49. The third-order valence-corrected chi connectivity index (χ3v) is 7.29. The first kappa shape index (κ1) is 19.9. The fraction of sp³-hybridized carbons (Fsp3) is 0.200. The fourth-order valence-electron chi connectivity index (χ4n) is 4.55. The lowest BCUT2D eigenvalue weighted by atomic mass is 10.1. The number of hydrogen-bond donors (Lipinski definition) is 0. The van der Waals surface area contributed by atoms with E-state index in [0.29, 0.717) is 12.1 Å². The van der Waals surface area contributed by atoms with Crippen molar-refractivity contribution < 1.29 is 0 Å². The largest absolute Gasteiger partial charge is 0.323 e. The average Bonchev–Trinajstić information content (AvgIpc) is 3.45. The zero-order valence-electron chi connectivity index (χ0n) is 18.6. The standard InChI is InChI=1S/C25H22N6OS/c1-15-6-4-7-16(10-15)11-21-28-24-23(33-21)19-13-27-31(25(32)22(19)29(24)2)14-17-8-5-9-20-18(17)12-26-30(20)3/h4-10,12-13H,11,14H2,1-3H3. The maximum Gasteiger partial charge on any atom is 0.291 e. The molecule has 0 saturated heterocycles. The first-order valence-electron chi connectivity index (χ1n) is 10.8. The van der Waals surface area contributed by atoms with Crippen molar-refractivity contribution in [2.75, 3.05) is 0 Å². The van der Waals surface area contributed by atoms with Crippen LogP contribution in [0, 0.1) is 6.92 Å². The van der Waals surface area contributed by atoms with E-state index in [9.17, 15) is 4.79 Å². The Morgan fingerprint density at radius 1 is 1.00 bits per heavy atom. The van der Waals surface area contributed by atoms with Crippen molar-refractivity contribution in [3.63, 3.8) is 0 Å². The topological polar surface area (TPSA) is 70.5 Å². The third kappa shape index (κ3) is 3.17. The van der Waals surface area contributed by atoms with Crippen LogP contribution < -0.4 is 5.56 Å². The summed E-state index contributed by atoms with van der Waals surface area (Å²) in [4.78, 5) is 18.3. The maximum atomic E-state index is 13.4. The molecular formula is C25H22N6OS. The Morgan fingerprint density at radius 2 is 1.82 bits per heavy atom. The molecule has 0 aliphatic carbocycles. The van der Waals surface area contributed by atoms with Gasteiger partial charge in [0.15, 0.2) is 5.65 Å². The highest BCUT2D eigenvalue weighted by atomic mass is 32.1. The molecule has 0 radical (unpaired) electrons. The van der Waals surface area contributed by atoms with Crippen molar-refractivity contribution >= 4 is 43.5 Å². The van der Waals surface area contributed by atoms with Crippen LogP contribution >= 0.6 is 11.3 Å². The van der Waals surface area contributed by atoms with Gasteiger partial charge in [0, 0.05) is 31.3 Å². The summed E-state index contributed by atoms with van der Waals surface area (Å²) in [5.74, 6) is 0. The van der Waals surface area contributed by atoms with Gasteiger partial charge in [0.05, 0.1) is 29.2 Å². The number of hydrogen-bond acceptors (Lipinski definition) is 5. The van der Waals surface area contributed by atoms with E-state index in [0.717, 1.165) is 43.6 Å². The van der Waals surface area contributed by atoms with Crippen molar-refractivity contribution in [1.29, 1.82) is 0 Å². The van der Waals surface area contributed by atoms with E-state index in [1.54, 1.807) is 17.5 Å². The van der Waals surface area contributed by atoms with E-state index in [-0.39, 0.29) is 5.56 Å². The fourth-order valence-corrected chi connectivity index (χ4v) is 5.69. The van der Waals surface area contributed by atoms with E-state index >= 15 is 0 Å². The number of aromatic nitrogens is 6. The zero-order valence-corrected chi connectivity index (χ0v) is 19.4. The van der Waals surface area contributed by atoms with Crippen LogP contribution in [0.4, 0.5) is 0 Å². The number of nitrogens with zero attached hydrogens (tertiary/aromatic N) is 6. The van der Waals surface area contributed by atoms with Gasteiger partial charge in [0.25, 0.3) is 5.56 Å². The minimum Gasteiger partial charge on any atom is -0.323 e. The molecule has 7 nitrogen and oxygen atoms in total. The van der Waals surface area contributed by atoms with E-state index in [4.69, 9.17) is 4.98 Å². The molecule has 0 fully saturated rings. The van der Waals surface area contributed by atoms with Crippen molar-refractivity contribution in [2.24, 2.45) is 14.1 Å². The second kappa shape index (κ2) is 7.38. The molecule has 0 atom stereocenters. The van der Waals surface area contributed by atoms with Crippen LogP contribution in [0.25, 0.3) is 32.2 Å². The molecule has 0 spiro atoms. The average molecular weight is 455 g/mol. The molecule has 6 aromatic rings. The van der Waals surface area contributed by atoms with Crippen LogP contribution in [0.15, 0.2) is 59.7 Å². The molecule has 0 aliphatic heterocycles. The highest BCUT2D eigenvalue weighted by molar-refractivity contribution is 7.19. The Labute approximate surface area is 193 Å². The van der Waals surface area contributed by atoms with Gasteiger partial charge in [0.2, 0.25) is 0 Å². The van der Waals surface area contributed by atoms with Gasteiger partial charge in [-0.15, -0.1) is 11.3 Å². The monoisotopic (exact) mass is 454 g/mol. The molecule has 2 aromatic carbocycles. The molecule has 0 N–H and O–H groups in total. The molecule has 6 rings (SSSR count). The molecule has 164 valence electrons. The van der Waals surface area contributed by atoms with Gasteiger partial charge in [-0.3, -0.25) is 9.48 Å². The Morgan fingerprint density at radius 3 is 2.67 bits per heavy atom. The third-order valence-electron chi connectivity index (χ3n) is 6.21. The van der Waals surface area contributed by atoms with Gasteiger partial charge in [-0.2, -0.15) is 10.2 Å². The summed E-state index contributed by atoms with van der Waals surface area (Å²) in [5.41, 5.74) is 5.90. The molecule has 0 bridgehead atoms. The van der Waals surface area contributed by atoms with Gasteiger partial charge in [0.1, 0.15) is 10.5 Å². The SMILES string of the molecule is Cc1cccc(Cc2nc3c(s2)c2cnn(Cc4cccc5c4cnn5C)c(=O)c2n3C)c1. The molecule has 0 unspecified atom stereocenters. The molecule has 4 heterocycles. The molecular weight excluding hydrogens is 432 g/mol. The number of rotatable bonds is 4. The van der Waals surface area contributed by atoms with E-state index < -0.39 is 0 Å². The van der Waals surface area contributed by atoms with Gasteiger partial charge in [-0.25, -0.2) is 9.67 Å². The number of benzene rings is 2. The summed E-state index contributed by atoms with van der Waals surface area (Å²) in [5, 5.41) is 11.8. The maximum absolute atomic E-state index is 13.4. The first-order valence-corrected chi connectivity index (χ1v) is 11.6. The van der Waals surface area contributed by atoms with Crippen LogP contribution in [-0.2, 0) is 27.1 Å². The summed E-state index contributed by atoms with van der Waals surface area (Å²) >= 11 is 1.64. The van der Waals surface area contributed by atoms with Gasteiger partial charge < -0.3 is 4.57 Å². The van der Waals surface area contributed by atoms with Crippen molar-refractivity contribution in [3.05, 3.63) is 86.9 Å². The van der Waals surface area contributed by atoms with Gasteiger partial charge in [-0.1, -0.05) is 42.0 Å². The van der Waals surface area contributed by atoms with Crippen LogP contribution in [0.2, 0.25) is 0 Å². The molecule has 4 aromatic heterocycles. The lowest BCUT2D eigenvalue weighted by molar-refractivity contribution is 0.647. The highest BCUT2D eigenvalue weighted by Crippen LogP contribution is 2.32. The van der Waals surface area contributed by atoms with Crippen molar-refractivity contribution in [2.45, 2.75) is 19.9 Å². The van der Waals surface area contributed by atoms with Gasteiger partial charge in [-0.05, 0) is 24.1 Å². The molecule has 0 aliphatic rings. The molecule has 8 heteroatoms. The molecule has 0 saturated carbocycles. The normalized spacial score (nSPS) is 11.8. The Balaban J connectivity index is 1.42. The smallest absolute Gasteiger partial charge is 0.291 e. The predicted molar refractivity (Wildman–Crippen MR) is 132 cm³/mol. The molecule has 0 amide bonds. The Hall–Kier alpha value is -3.78. The van der Waals surface area contributed by atoms with Crippen LogP contribution in [0.3, 0.4) is 0 Å². The van der Waals surface area contributed by atoms with Crippen molar-refractivity contribution in [3.8, 4) is 0 Å². The van der Waals surface area contributed by atoms with Crippen LogP contribution in [-0.4, -0.2) is 29.1 Å². The second-order valence-corrected chi connectivity index (χ2v) is 9.56. The molecule has 33 heavy (non-hydrogen) atoms. The number of aryl methyl sites for hydroxylation is 3. The summed E-state index contributed by atoms with van der Waals surface area (Å²) in [6, 6.07) is 14.5. The summed E-state index contributed by atoms with van der Waals surface area (Å²) in [7, 11) is 3.83. The summed E-state index contributed by atoms with van der Waals surface area (Å²) in [6.07, 6.45) is 4.42. The minimum atomic E-state index is -0.110. The van der Waals surface area contributed by atoms with Crippen LogP contribution in [0.1, 0.15) is 21.7 Å². The Bertz CT molecular complexity index is 1740. The van der Waals surface area contributed by atoms with Crippen molar-refractivity contribution in [1.82, 2.24) is 29.1 Å². The lowest BCUT2D eigenvalue weighted by Crippen LogP contribution is -2.24. The zero-order chi connectivity index (χ0) is 22.7. The van der Waals surface area contributed by atoms with Crippen LogP contribution in [0.5, 0.6) is 0 Å². The van der Waals surface area contributed by atoms with Gasteiger partial charge >= 0.3 is 0 Å². The summed E-state index contributed by atoms with van der Waals surface area (Å²) < 4.78 is 6.29. The quantitative estimate of drug-likeness (QED) is 0.401. The minimum absolute atomic E-state index is 0.110. The van der Waals surface area contributed by atoms with E-state index in [1.165, 1.54) is 15.8 Å². The number of thiazole rings is 1. The van der Waals surface area contributed by atoms with E-state index in [1.807, 2.05) is 47.7 Å². The number of fused-ring (bicyclic) bond motifs is 4. The predicted octanol–water partition coefficient (Wildman–Crippen LogP) is 4.18. The lowest BCUT2D eigenvalue weighted by Gasteiger charge is -2.07. The first-order chi connectivity index (χ1) is 16.0. The van der Waals surface area contributed by atoms with E-state index in [2.05, 4.69) is 41.4 Å². The Kier molecular flexibility index (Phi) is 4.45. The highest BCUT2D eigenvalue weighted by Gasteiger charge is 2.19. The second-order valence-electron chi connectivity index (χ2n) is 8.47.